The molecule has 2 N–H and O–H groups in total. The molecule has 0 aliphatic heterocycles. The molecule has 0 saturated carbocycles. The number of hydrogen-bond acceptors (Lipinski definition) is 2. The molecule has 0 aliphatic rings. The largest absolute Gasteiger partial charge is 0.321 e. The monoisotopic (exact) mass is 257 g/mol. The van der Waals surface area contributed by atoms with Crippen LogP contribution < -0.4 is 5.73 Å². The molecular formula is C17H23NO. The fourth-order valence-electron chi connectivity index (χ4n) is 2.08. The summed E-state index contributed by atoms with van der Waals surface area (Å²) in [5.41, 5.74) is 7.05. The van der Waals surface area contributed by atoms with E-state index in [0.29, 0.717) is 12.8 Å². The summed E-state index contributed by atoms with van der Waals surface area (Å²) < 4.78 is 0. The Morgan fingerprint density at radius 1 is 1.11 bits per heavy atom. The molecule has 0 radical (unpaired) electrons. The van der Waals surface area contributed by atoms with Gasteiger partial charge in [0.15, 0.2) is 0 Å². The Labute approximate surface area is 115 Å². The number of nitrogens with two attached hydrogens (primary N) is 1. The zero-order chi connectivity index (χ0) is 14.3. The number of Topliss-reactive ketones (excluding diaryl/α,β-unsaturated/α-hetero) is 1. The lowest BCUT2D eigenvalue weighted by Crippen LogP contribution is -2.32. The third-order valence-electron chi connectivity index (χ3n) is 3.08. The van der Waals surface area contributed by atoms with Gasteiger partial charge in [0, 0.05) is 6.42 Å². The molecule has 0 fully saturated rings. The van der Waals surface area contributed by atoms with Crippen LogP contribution in [0.4, 0.5) is 0 Å². The molecule has 0 heterocycles. The van der Waals surface area contributed by atoms with E-state index < -0.39 is 0 Å². The van der Waals surface area contributed by atoms with Crippen LogP contribution in [0.5, 0.6) is 0 Å². The van der Waals surface area contributed by atoms with E-state index in [1.165, 1.54) is 10.8 Å². The standard InChI is InChI=1S/C15H17NO.C2H6/c1-2-15(17)14(16)10-12-8-5-7-11-6-3-4-9-13(11)12;1-2/h3-9,14H,2,10,16H2,1H3;1-2H3. The maximum absolute atomic E-state index is 11.5. The predicted octanol–water partition coefficient (Wildman–Crippen LogP) is 3.71. The van der Waals surface area contributed by atoms with E-state index in [4.69, 9.17) is 5.73 Å². The molecule has 1 unspecified atom stereocenters. The van der Waals surface area contributed by atoms with Crippen molar-refractivity contribution in [2.24, 2.45) is 5.73 Å². The molecule has 0 spiro atoms. The van der Waals surface area contributed by atoms with Crippen LogP contribution in [-0.2, 0) is 11.2 Å². The Morgan fingerprint density at radius 3 is 2.42 bits per heavy atom. The third-order valence-corrected chi connectivity index (χ3v) is 3.08. The first-order valence-electron chi connectivity index (χ1n) is 6.97. The highest BCUT2D eigenvalue weighted by molar-refractivity contribution is 5.88. The van der Waals surface area contributed by atoms with E-state index in [9.17, 15) is 4.79 Å². The van der Waals surface area contributed by atoms with Crippen LogP contribution in [0, 0.1) is 0 Å². The van der Waals surface area contributed by atoms with E-state index in [-0.39, 0.29) is 11.8 Å². The van der Waals surface area contributed by atoms with Crippen molar-refractivity contribution in [3.8, 4) is 0 Å². The van der Waals surface area contributed by atoms with Crippen LogP contribution in [0.1, 0.15) is 32.8 Å². The van der Waals surface area contributed by atoms with Gasteiger partial charge in [-0.2, -0.15) is 0 Å². The number of ketones is 1. The number of carbonyl (C=O) groups is 1. The summed E-state index contributed by atoms with van der Waals surface area (Å²) in [5.74, 6) is 0.123. The average Bonchev–Trinajstić information content (AvgIpc) is 2.48. The molecule has 102 valence electrons. The lowest BCUT2D eigenvalue weighted by atomic mass is 9.97. The van der Waals surface area contributed by atoms with Gasteiger partial charge in [-0.3, -0.25) is 4.79 Å². The molecule has 2 nitrogen and oxygen atoms in total. The SMILES string of the molecule is CC.CCC(=O)C(N)Cc1cccc2ccccc12. The normalized spacial score (nSPS) is 11.6. The second-order valence-electron chi connectivity index (χ2n) is 4.27. The molecular weight excluding hydrogens is 234 g/mol. The van der Waals surface area contributed by atoms with E-state index in [1.54, 1.807) is 0 Å². The molecule has 0 aromatic heterocycles. The van der Waals surface area contributed by atoms with Gasteiger partial charge in [-0.25, -0.2) is 0 Å². The van der Waals surface area contributed by atoms with Crippen molar-refractivity contribution < 1.29 is 4.79 Å². The van der Waals surface area contributed by atoms with Gasteiger partial charge < -0.3 is 5.73 Å². The molecule has 0 amide bonds. The minimum Gasteiger partial charge on any atom is -0.321 e. The van der Waals surface area contributed by atoms with Crippen LogP contribution in [0.2, 0.25) is 0 Å². The Bertz CT molecular complexity index is 528. The van der Waals surface area contributed by atoms with Crippen LogP contribution >= 0.6 is 0 Å². The summed E-state index contributed by atoms with van der Waals surface area (Å²) in [6.07, 6.45) is 1.12. The summed E-state index contributed by atoms with van der Waals surface area (Å²) in [5, 5.41) is 2.38. The van der Waals surface area contributed by atoms with Crippen molar-refractivity contribution >= 4 is 16.6 Å². The first kappa shape index (κ1) is 15.4. The van der Waals surface area contributed by atoms with Gasteiger partial charge in [-0.05, 0) is 22.8 Å². The Balaban J connectivity index is 0.000000861. The van der Waals surface area contributed by atoms with Crippen LogP contribution in [-0.4, -0.2) is 11.8 Å². The fourth-order valence-corrected chi connectivity index (χ4v) is 2.08. The topological polar surface area (TPSA) is 43.1 Å². The van der Waals surface area contributed by atoms with Crippen LogP contribution in [0.15, 0.2) is 42.5 Å². The second kappa shape index (κ2) is 7.70. The van der Waals surface area contributed by atoms with Crippen molar-refractivity contribution in [2.45, 2.75) is 39.7 Å². The Morgan fingerprint density at radius 2 is 1.74 bits per heavy atom. The van der Waals surface area contributed by atoms with Gasteiger partial charge in [0.25, 0.3) is 0 Å². The molecule has 2 heteroatoms. The predicted molar refractivity (Wildman–Crippen MR) is 82.3 cm³/mol. The lowest BCUT2D eigenvalue weighted by Gasteiger charge is -2.11. The van der Waals surface area contributed by atoms with E-state index in [2.05, 4.69) is 18.2 Å². The number of hydrogen-bond donors (Lipinski definition) is 1. The number of fused-ring (bicyclic) bond motifs is 1. The van der Waals surface area contributed by atoms with Gasteiger partial charge in [-0.15, -0.1) is 0 Å². The highest BCUT2D eigenvalue weighted by Crippen LogP contribution is 2.19. The van der Waals surface area contributed by atoms with Crippen molar-refractivity contribution in [3.05, 3.63) is 48.0 Å². The number of rotatable bonds is 4. The van der Waals surface area contributed by atoms with Crippen molar-refractivity contribution in [2.75, 3.05) is 0 Å². The van der Waals surface area contributed by atoms with Gasteiger partial charge in [-0.1, -0.05) is 63.2 Å². The highest BCUT2D eigenvalue weighted by Gasteiger charge is 2.13. The maximum Gasteiger partial charge on any atom is 0.149 e. The zero-order valence-electron chi connectivity index (χ0n) is 12.0. The molecule has 2 aromatic rings. The third kappa shape index (κ3) is 3.90. The second-order valence-corrected chi connectivity index (χ2v) is 4.27. The molecule has 19 heavy (non-hydrogen) atoms. The summed E-state index contributed by atoms with van der Waals surface area (Å²) in [6.45, 7) is 5.85. The zero-order valence-corrected chi connectivity index (χ0v) is 12.0. The Kier molecular flexibility index (Phi) is 6.23. The fraction of sp³-hybridized carbons (Fsp3) is 0.353. The van der Waals surface area contributed by atoms with E-state index in [1.807, 2.05) is 45.0 Å². The molecule has 0 saturated heterocycles. The first-order chi connectivity index (χ1) is 9.22. The van der Waals surface area contributed by atoms with Gasteiger partial charge in [0.2, 0.25) is 0 Å². The highest BCUT2D eigenvalue weighted by atomic mass is 16.1. The molecule has 2 aromatic carbocycles. The minimum absolute atomic E-state index is 0.123. The van der Waals surface area contributed by atoms with Gasteiger partial charge >= 0.3 is 0 Å². The first-order valence-corrected chi connectivity index (χ1v) is 6.97. The maximum atomic E-state index is 11.5. The van der Waals surface area contributed by atoms with Crippen molar-refractivity contribution in [1.29, 1.82) is 0 Å². The number of benzene rings is 2. The molecule has 1 atom stereocenters. The molecule has 0 aliphatic carbocycles. The molecule has 2 rings (SSSR count). The van der Waals surface area contributed by atoms with Gasteiger partial charge in [0.05, 0.1) is 6.04 Å². The summed E-state index contributed by atoms with van der Waals surface area (Å²) in [6, 6.07) is 13.9. The smallest absolute Gasteiger partial charge is 0.149 e. The summed E-state index contributed by atoms with van der Waals surface area (Å²) in [4.78, 5) is 11.5. The Hall–Kier alpha value is -1.67. The van der Waals surface area contributed by atoms with Gasteiger partial charge in [0.1, 0.15) is 5.78 Å². The van der Waals surface area contributed by atoms with Crippen molar-refractivity contribution in [1.82, 2.24) is 0 Å². The average molecular weight is 257 g/mol. The lowest BCUT2D eigenvalue weighted by molar-refractivity contribution is -0.119. The van der Waals surface area contributed by atoms with Crippen LogP contribution in [0.3, 0.4) is 0 Å². The quantitative estimate of drug-likeness (QED) is 0.907. The summed E-state index contributed by atoms with van der Waals surface area (Å²) in [7, 11) is 0. The minimum atomic E-state index is -0.384. The molecule has 0 bridgehead atoms. The van der Waals surface area contributed by atoms with Crippen molar-refractivity contribution in [3.63, 3.8) is 0 Å². The van der Waals surface area contributed by atoms with E-state index >= 15 is 0 Å². The summed E-state index contributed by atoms with van der Waals surface area (Å²) >= 11 is 0. The van der Waals surface area contributed by atoms with Crippen LogP contribution in [0.25, 0.3) is 10.8 Å². The van der Waals surface area contributed by atoms with E-state index in [0.717, 1.165) is 5.56 Å². The number of carbonyl (C=O) groups excluding carboxylic acids is 1.